The number of hydrogen-bond acceptors (Lipinski definition) is 4. The van der Waals surface area contributed by atoms with E-state index in [4.69, 9.17) is 5.73 Å². The quantitative estimate of drug-likeness (QED) is 0.684. The lowest BCUT2D eigenvalue weighted by atomic mass is 10.1. The van der Waals surface area contributed by atoms with Crippen molar-refractivity contribution < 1.29 is 8.42 Å². The van der Waals surface area contributed by atoms with E-state index in [1.165, 1.54) is 6.26 Å². The molecule has 0 spiro atoms. The van der Waals surface area contributed by atoms with Crippen molar-refractivity contribution in [3.63, 3.8) is 0 Å². The Hall–Kier alpha value is -0.130. The lowest BCUT2D eigenvalue weighted by Gasteiger charge is -2.23. The second kappa shape index (κ2) is 5.68. The van der Waals surface area contributed by atoms with Gasteiger partial charge < -0.3 is 10.6 Å². The minimum absolute atomic E-state index is 0.111. The van der Waals surface area contributed by atoms with Gasteiger partial charge in [0.1, 0.15) is 9.84 Å². The SMILES string of the molecule is CC(C)C(N)CN(C)CCS(C)(=O)=O. The van der Waals surface area contributed by atoms with Gasteiger partial charge in [0.15, 0.2) is 0 Å². The summed E-state index contributed by atoms with van der Waals surface area (Å²) in [6.07, 6.45) is 1.25. The second-order valence-electron chi connectivity index (χ2n) is 4.30. The number of likely N-dealkylation sites (N-methyl/N-ethyl adjacent to an activating group) is 1. The van der Waals surface area contributed by atoms with Crippen LogP contribution in [0.5, 0.6) is 0 Å². The average molecular weight is 222 g/mol. The minimum Gasteiger partial charge on any atom is -0.326 e. The van der Waals surface area contributed by atoms with Crippen LogP contribution in [0, 0.1) is 5.92 Å². The molecule has 0 aliphatic rings. The van der Waals surface area contributed by atoms with Gasteiger partial charge in [-0.3, -0.25) is 0 Å². The molecule has 0 heterocycles. The predicted octanol–water partition coefficient (Wildman–Crippen LogP) is -0.0539. The molecule has 1 atom stereocenters. The molecule has 0 saturated heterocycles. The molecule has 14 heavy (non-hydrogen) atoms. The van der Waals surface area contributed by atoms with E-state index in [1.54, 1.807) is 0 Å². The van der Waals surface area contributed by atoms with Gasteiger partial charge in [0.25, 0.3) is 0 Å². The van der Waals surface area contributed by atoms with E-state index in [2.05, 4.69) is 13.8 Å². The van der Waals surface area contributed by atoms with Crippen molar-refractivity contribution in [3.8, 4) is 0 Å². The Labute approximate surface area is 87.4 Å². The third-order valence-corrected chi connectivity index (χ3v) is 3.15. The van der Waals surface area contributed by atoms with E-state index < -0.39 is 9.84 Å². The molecule has 0 aliphatic carbocycles. The highest BCUT2D eigenvalue weighted by Crippen LogP contribution is 2.00. The molecule has 0 fully saturated rings. The molecule has 0 aliphatic heterocycles. The lowest BCUT2D eigenvalue weighted by molar-refractivity contribution is 0.296. The molecule has 0 amide bonds. The van der Waals surface area contributed by atoms with Crippen LogP contribution in [0.3, 0.4) is 0 Å². The Kier molecular flexibility index (Phi) is 5.63. The maximum Gasteiger partial charge on any atom is 0.148 e. The van der Waals surface area contributed by atoms with E-state index >= 15 is 0 Å². The molecule has 0 aromatic heterocycles. The normalized spacial score (nSPS) is 15.1. The van der Waals surface area contributed by atoms with Gasteiger partial charge in [-0.05, 0) is 13.0 Å². The highest BCUT2D eigenvalue weighted by molar-refractivity contribution is 7.90. The van der Waals surface area contributed by atoms with Crippen LogP contribution in [0.15, 0.2) is 0 Å². The van der Waals surface area contributed by atoms with Crippen LogP contribution in [0.25, 0.3) is 0 Å². The minimum atomic E-state index is -2.86. The molecule has 86 valence electrons. The van der Waals surface area contributed by atoms with Gasteiger partial charge >= 0.3 is 0 Å². The third-order valence-electron chi connectivity index (χ3n) is 2.22. The molecule has 0 rings (SSSR count). The first-order valence-corrected chi connectivity index (χ1v) is 6.90. The van der Waals surface area contributed by atoms with Gasteiger partial charge in [-0.1, -0.05) is 13.8 Å². The summed E-state index contributed by atoms with van der Waals surface area (Å²) in [7, 11) is -0.961. The summed E-state index contributed by atoms with van der Waals surface area (Å²) < 4.78 is 21.8. The van der Waals surface area contributed by atoms with Crippen LogP contribution in [0.4, 0.5) is 0 Å². The molecule has 1 unspecified atom stereocenters. The first-order valence-electron chi connectivity index (χ1n) is 4.84. The van der Waals surface area contributed by atoms with Gasteiger partial charge in [-0.25, -0.2) is 8.42 Å². The van der Waals surface area contributed by atoms with Gasteiger partial charge in [0, 0.05) is 25.4 Å². The van der Waals surface area contributed by atoms with Crippen molar-refractivity contribution in [1.29, 1.82) is 0 Å². The van der Waals surface area contributed by atoms with Crippen LogP contribution in [-0.2, 0) is 9.84 Å². The van der Waals surface area contributed by atoms with Crippen LogP contribution in [0.2, 0.25) is 0 Å². The van der Waals surface area contributed by atoms with E-state index in [0.29, 0.717) is 12.5 Å². The maximum atomic E-state index is 10.9. The number of nitrogens with zero attached hydrogens (tertiary/aromatic N) is 1. The third kappa shape index (κ3) is 7.29. The summed E-state index contributed by atoms with van der Waals surface area (Å²) in [6.45, 7) is 5.43. The Morgan fingerprint density at radius 1 is 1.36 bits per heavy atom. The smallest absolute Gasteiger partial charge is 0.148 e. The highest BCUT2D eigenvalue weighted by atomic mass is 32.2. The molecule has 4 nitrogen and oxygen atoms in total. The maximum absolute atomic E-state index is 10.9. The molecule has 0 bridgehead atoms. The van der Waals surface area contributed by atoms with Crippen molar-refractivity contribution in [3.05, 3.63) is 0 Å². The van der Waals surface area contributed by atoms with Crippen molar-refractivity contribution in [2.45, 2.75) is 19.9 Å². The van der Waals surface area contributed by atoms with Crippen molar-refractivity contribution in [1.82, 2.24) is 4.90 Å². The Bertz CT molecular complexity index is 250. The molecule has 0 radical (unpaired) electrons. The van der Waals surface area contributed by atoms with Crippen LogP contribution in [-0.4, -0.2) is 51.5 Å². The van der Waals surface area contributed by atoms with E-state index in [-0.39, 0.29) is 11.8 Å². The fraction of sp³-hybridized carbons (Fsp3) is 1.00. The van der Waals surface area contributed by atoms with Gasteiger partial charge in [-0.15, -0.1) is 0 Å². The predicted molar refractivity (Wildman–Crippen MR) is 60.0 cm³/mol. The zero-order valence-electron chi connectivity index (χ0n) is 9.53. The fourth-order valence-corrected chi connectivity index (χ4v) is 1.63. The number of sulfone groups is 1. The Morgan fingerprint density at radius 2 is 1.86 bits per heavy atom. The standard InChI is InChI=1S/C9H22N2O2S/c1-8(2)9(10)7-11(3)5-6-14(4,12)13/h8-9H,5-7,10H2,1-4H3. The first kappa shape index (κ1) is 13.9. The summed E-state index contributed by atoms with van der Waals surface area (Å²) in [4.78, 5) is 1.96. The fourth-order valence-electron chi connectivity index (χ4n) is 0.984. The van der Waals surface area contributed by atoms with Gasteiger partial charge in [0.2, 0.25) is 0 Å². The van der Waals surface area contributed by atoms with Gasteiger partial charge in [0.05, 0.1) is 5.75 Å². The number of rotatable bonds is 6. The number of hydrogen-bond donors (Lipinski definition) is 1. The van der Waals surface area contributed by atoms with E-state index in [0.717, 1.165) is 6.54 Å². The van der Waals surface area contributed by atoms with E-state index in [9.17, 15) is 8.42 Å². The molecule has 0 aromatic rings. The molecule has 5 heteroatoms. The largest absolute Gasteiger partial charge is 0.326 e. The molecule has 0 aromatic carbocycles. The summed E-state index contributed by atoms with van der Waals surface area (Å²) in [5.41, 5.74) is 5.87. The van der Waals surface area contributed by atoms with Crippen LogP contribution >= 0.6 is 0 Å². The summed E-state index contributed by atoms with van der Waals surface area (Å²) in [5.74, 6) is 0.629. The Morgan fingerprint density at radius 3 is 2.21 bits per heavy atom. The van der Waals surface area contributed by atoms with Crippen LogP contribution in [0.1, 0.15) is 13.8 Å². The van der Waals surface area contributed by atoms with Gasteiger partial charge in [-0.2, -0.15) is 0 Å². The average Bonchev–Trinajstić information content (AvgIpc) is 1.99. The molecular formula is C9H22N2O2S. The second-order valence-corrected chi connectivity index (χ2v) is 6.56. The topological polar surface area (TPSA) is 63.4 Å². The first-order chi connectivity index (χ1) is 6.22. The highest BCUT2D eigenvalue weighted by Gasteiger charge is 2.11. The zero-order chi connectivity index (χ0) is 11.4. The zero-order valence-corrected chi connectivity index (χ0v) is 10.3. The monoisotopic (exact) mass is 222 g/mol. The summed E-state index contributed by atoms with van der Waals surface area (Å²) in [6, 6.07) is 0.111. The van der Waals surface area contributed by atoms with Crippen LogP contribution < -0.4 is 5.73 Å². The van der Waals surface area contributed by atoms with Crippen molar-refractivity contribution in [2.24, 2.45) is 11.7 Å². The summed E-state index contributed by atoms with van der Waals surface area (Å²) in [5, 5.41) is 0. The van der Waals surface area contributed by atoms with Crippen molar-refractivity contribution >= 4 is 9.84 Å². The molecule has 0 saturated carbocycles. The molecular weight excluding hydrogens is 200 g/mol. The van der Waals surface area contributed by atoms with E-state index in [1.807, 2.05) is 11.9 Å². The Balaban J connectivity index is 3.82. The van der Waals surface area contributed by atoms with Crippen molar-refractivity contribution in [2.75, 3.05) is 32.1 Å². The number of nitrogens with two attached hydrogens (primary N) is 1. The summed E-state index contributed by atoms with van der Waals surface area (Å²) >= 11 is 0. The lowest BCUT2D eigenvalue weighted by Crippen LogP contribution is -2.40. The molecule has 2 N–H and O–H groups in total.